The molecule has 0 atom stereocenters. The number of hydrogen-bond acceptors (Lipinski definition) is 10. The van der Waals surface area contributed by atoms with E-state index in [1.54, 1.807) is 0 Å². The zero-order chi connectivity index (χ0) is 52.7. The predicted octanol–water partition coefficient (Wildman–Crippen LogP) is 13.4. The summed E-state index contributed by atoms with van der Waals surface area (Å²) in [6, 6.07) is 48.2. The van der Waals surface area contributed by atoms with E-state index in [0.29, 0.717) is 39.3 Å². The molecule has 0 aromatic heterocycles. The van der Waals surface area contributed by atoms with Crippen molar-refractivity contribution in [2.24, 2.45) is 0 Å². The molecule has 3 saturated heterocycles. The standard InChI is InChI=1S/C23H26N2O2.C22H24N2O2.C19H19Cl2NO/c1-17(2)27-22-8-7-18(13-20(22)14-24)15-25-11-9-23(10-12-25)21-6-4-3-5-19(21)16-26-23;1-2-25-21-8-7-17(13-19(21)14-23)15-24-11-9-22(10-12-24)20-6-4-3-5-18(20)16-26-22;20-17-6-5-14(11-18(17)21)12-22-9-7-19(8-10-22)16-4-2-1-3-15(16)13-23-19/h3-8,13,17H,9-12,15-16H2,1-2H3;3-8,13H,2,9-12,15-16H2,1H3;1-6,11H,7-10,12-13H2. The maximum absolute atomic E-state index is 9.43. The first-order chi connectivity index (χ1) is 37.0. The Balaban J connectivity index is 0.000000130. The summed E-state index contributed by atoms with van der Waals surface area (Å²) in [5.41, 5.74) is 12.7. The van der Waals surface area contributed by atoms with E-state index in [1.165, 1.54) is 38.9 Å². The highest BCUT2D eigenvalue weighted by Gasteiger charge is 2.44. The van der Waals surface area contributed by atoms with Gasteiger partial charge in [0.1, 0.15) is 23.6 Å². The van der Waals surface area contributed by atoms with Crippen LogP contribution in [0, 0.1) is 22.7 Å². The first-order valence-corrected chi connectivity index (χ1v) is 27.9. The molecule has 10 nitrogen and oxygen atoms in total. The summed E-state index contributed by atoms with van der Waals surface area (Å²) in [4.78, 5) is 7.37. The minimum atomic E-state index is -0.0974. The summed E-state index contributed by atoms with van der Waals surface area (Å²) in [7, 11) is 0. The van der Waals surface area contributed by atoms with E-state index >= 15 is 0 Å². The molecule has 76 heavy (non-hydrogen) atoms. The molecule has 6 heterocycles. The van der Waals surface area contributed by atoms with Crippen LogP contribution in [-0.4, -0.2) is 66.7 Å². The highest BCUT2D eigenvalue weighted by molar-refractivity contribution is 6.42. The lowest BCUT2D eigenvalue weighted by atomic mass is 9.84. The molecule has 12 heteroatoms. The third kappa shape index (κ3) is 11.9. The number of piperidine rings is 3. The van der Waals surface area contributed by atoms with Crippen molar-refractivity contribution < 1.29 is 23.7 Å². The number of fused-ring (bicyclic) bond motifs is 6. The van der Waals surface area contributed by atoms with Gasteiger partial charge in [0.25, 0.3) is 0 Å². The number of nitrogens with zero attached hydrogens (tertiary/aromatic N) is 5. The van der Waals surface area contributed by atoms with Gasteiger partial charge in [0.05, 0.1) is 70.5 Å². The average Bonchev–Trinajstić information content (AvgIpc) is 4.14. The molecule has 394 valence electrons. The zero-order valence-corrected chi connectivity index (χ0v) is 45.7. The Hall–Kier alpha value is -5.76. The fourth-order valence-corrected chi connectivity index (χ4v) is 12.5. The van der Waals surface area contributed by atoms with Crippen LogP contribution in [0.5, 0.6) is 11.5 Å². The van der Waals surface area contributed by atoms with Crippen molar-refractivity contribution in [3.8, 4) is 23.6 Å². The van der Waals surface area contributed by atoms with Gasteiger partial charge < -0.3 is 23.7 Å². The summed E-state index contributed by atoms with van der Waals surface area (Å²) in [6.07, 6.45) is 6.23. The van der Waals surface area contributed by atoms with Gasteiger partial charge in [0, 0.05) is 58.9 Å². The van der Waals surface area contributed by atoms with Gasteiger partial charge in [-0.1, -0.05) is 114 Å². The highest BCUT2D eigenvalue weighted by atomic mass is 35.5. The molecule has 3 fully saturated rings. The Bertz CT molecular complexity index is 3070. The predicted molar refractivity (Wildman–Crippen MR) is 298 cm³/mol. The number of rotatable bonds is 10. The van der Waals surface area contributed by atoms with Gasteiger partial charge in [-0.15, -0.1) is 0 Å². The maximum atomic E-state index is 9.43. The van der Waals surface area contributed by atoms with Crippen molar-refractivity contribution in [2.75, 3.05) is 45.9 Å². The number of likely N-dealkylation sites (tertiary alicyclic amines) is 3. The topological polar surface area (TPSA) is 103 Å². The van der Waals surface area contributed by atoms with Gasteiger partial charge in [0.15, 0.2) is 0 Å². The lowest BCUT2D eigenvalue weighted by molar-refractivity contribution is -0.0800. The van der Waals surface area contributed by atoms with Crippen molar-refractivity contribution in [3.63, 3.8) is 0 Å². The van der Waals surface area contributed by atoms with Gasteiger partial charge >= 0.3 is 0 Å². The Morgan fingerprint density at radius 3 is 1.25 bits per heavy atom. The molecule has 0 amide bonds. The van der Waals surface area contributed by atoms with Gasteiger partial charge in [-0.2, -0.15) is 10.5 Å². The molecular weight excluding hydrogens is 990 g/mol. The van der Waals surface area contributed by atoms with Gasteiger partial charge in [0.2, 0.25) is 0 Å². The second-order valence-electron chi connectivity index (χ2n) is 21.4. The molecule has 3 spiro atoms. The van der Waals surface area contributed by atoms with Crippen LogP contribution in [0.4, 0.5) is 0 Å². The van der Waals surface area contributed by atoms with Crippen molar-refractivity contribution >= 4 is 23.2 Å². The Morgan fingerprint density at radius 2 is 0.868 bits per heavy atom. The molecule has 0 bridgehead atoms. The van der Waals surface area contributed by atoms with E-state index in [9.17, 15) is 10.5 Å². The van der Waals surface area contributed by atoms with Crippen LogP contribution in [0.25, 0.3) is 0 Å². The van der Waals surface area contributed by atoms with Crippen LogP contribution in [0.15, 0.2) is 127 Å². The largest absolute Gasteiger partial charge is 0.492 e. The molecule has 0 radical (unpaired) electrons. The molecule has 6 aliphatic heterocycles. The van der Waals surface area contributed by atoms with Crippen molar-refractivity contribution in [1.82, 2.24) is 14.7 Å². The molecule has 0 aliphatic carbocycles. The maximum Gasteiger partial charge on any atom is 0.137 e. The molecule has 12 rings (SSSR count). The third-order valence-corrected chi connectivity index (χ3v) is 17.0. The lowest BCUT2D eigenvalue weighted by Crippen LogP contribution is -2.42. The Morgan fingerprint density at radius 1 is 0.500 bits per heavy atom. The fraction of sp³-hybridized carbons (Fsp3) is 0.406. The Kier molecular flexibility index (Phi) is 16.8. The van der Waals surface area contributed by atoms with Crippen LogP contribution >= 0.6 is 23.2 Å². The summed E-state index contributed by atoms with van der Waals surface area (Å²) in [5.74, 6) is 1.34. The number of benzene rings is 6. The van der Waals surface area contributed by atoms with Crippen LogP contribution in [0.1, 0.15) is 120 Å². The van der Waals surface area contributed by atoms with Crippen molar-refractivity contribution in [3.05, 3.63) is 199 Å². The molecule has 6 aromatic carbocycles. The van der Waals surface area contributed by atoms with E-state index in [4.69, 9.17) is 46.9 Å². The number of ether oxygens (including phenoxy) is 5. The quantitative estimate of drug-likeness (QED) is 0.132. The molecule has 0 N–H and O–H groups in total. The van der Waals surface area contributed by atoms with Crippen LogP contribution in [0.3, 0.4) is 0 Å². The summed E-state index contributed by atoms with van der Waals surface area (Å²) < 4.78 is 30.0. The smallest absolute Gasteiger partial charge is 0.137 e. The molecule has 6 aliphatic rings. The number of hydrogen-bond donors (Lipinski definition) is 0. The summed E-state index contributed by atoms with van der Waals surface area (Å²) in [6.45, 7) is 17.4. The van der Waals surface area contributed by atoms with Gasteiger partial charge in [-0.25, -0.2) is 0 Å². The minimum absolute atomic E-state index is 0.0647. The van der Waals surface area contributed by atoms with Crippen LogP contribution in [-0.2, 0) is 70.5 Å². The molecule has 0 saturated carbocycles. The zero-order valence-electron chi connectivity index (χ0n) is 44.2. The normalized spacial score (nSPS) is 18.9. The lowest BCUT2D eigenvalue weighted by Gasteiger charge is -2.39. The summed E-state index contributed by atoms with van der Waals surface area (Å²) in [5, 5.41) is 20.0. The second kappa shape index (κ2) is 23.9. The third-order valence-electron chi connectivity index (χ3n) is 16.2. The summed E-state index contributed by atoms with van der Waals surface area (Å²) >= 11 is 12.1. The van der Waals surface area contributed by atoms with E-state index in [0.717, 1.165) is 128 Å². The fourth-order valence-electron chi connectivity index (χ4n) is 12.2. The monoisotopic (exact) mass is 1060 g/mol. The van der Waals surface area contributed by atoms with E-state index in [2.05, 4.69) is 118 Å². The van der Waals surface area contributed by atoms with Crippen LogP contribution < -0.4 is 9.47 Å². The number of nitriles is 2. The highest BCUT2D eigenvalue weighted by Crippen LogP contribution is 2.47. The first kappa shape index (κ1) is 53.6. The average molecular weight is 1060 g/mol. The second-order valence-corrected chi connectivity index (χ2v) is 22.2. The van der Waals surface area contributed by atoms with Crippen LogP contribution in [0.2, 0.25) is 10.0 Å². The molecule has 6 aromatic rings. The molecule has 0 unspecified atom stereocenters. The SMILES string of the molecule is CC(C)Oc1ccc(CN2CCC3(CC2)OCc2ccccc23)cc1C#N.CCOc1ccc(CN2CCC3(CC2)OCc2ccccc23)cc1C#N.Clc1ccc(CN2CCC3(CC2)OCc2ccccc23)cc1Cl. The van der Waals surface area contributed by atoms with Gasteiger partial charge in [-0.3, -0.25) is 14.7 Å². The Labute approximate surface area is 459 Å². The van der Waals surface area contributed by atoms with E-state index in [-0.39, 0.29) is 22.9 Å². The van der Waals surface area contributed by atoms with E-state index in [1.807, 2.05) is 57.2 Å². The van der Waals surface area contributed by atoms with Crippen molar-refractivity contribution in [1.29, 1.82) is 10.5 Å². The van der Waals surface area contributed by atoms with E-state index < -0.39 is 0 Å². The molecular formula is C64H69Cl2N5O5. The number of halogens is 2. The van der Waals surface area contributed by atoms with Crippen molar-refractivity contribution in [2.45, 2.75) is 122 Å². The van der Waals surface area contributed by atoms with Gasteiger partial charge in [-0.05, 0) is 146 Å². The minimum Gasteiger partial charge on any atom is -0.492 e. The first-order valence-electron chi connectivity index (χ1n) is 27.1.